The molecule has 0 aliphatic carbocycles. The lowest BCUT2D eigenvalue weighted by atomic mass is 9.93. The number of carbonyl (C=O) groups excluding carboxylic acids is 1. The molecule has 0 aliphatic heterocycles. The second-order valence-electron chi connectivity index (χ2n) is 5.51. The number of aromatic nitrogens is 1. The van der Waals surface area contributed by atoms with Crippen LogP contribution in [0, 0.1) is 5.82 Å². The van der Waals surface area contributed by atoms with Crippen molar-refractivity contribution in [1.29, 1.82) is 0 Å². The minimum atomic E-state index is -0.326. The van der Waals surface area contributed by atoms with Gasteiger partial charge in [-0.2, -0.15) is 0 Å². The number of benzene rings is 1. The van der Waals surface area contributed by atoms with Gasteiger partial charge in [0.15, 0.2) is 0 Å². The Morgan fingerprint density at radius 2 is 2.11 bits per heavy atom. The Hall–Kier alpha value is -1.55. The molecular formula is C15H16FNOS. The van der Waals surface area contributed by atoms with Crippen molar-refractivity contribution in [3.05, 3.63) is 51.2 Å². The number of nitrogens with zero attached hydrogens (tertiary/aromatic N) is 1. The number of hydrogen-bond donors (Lipinski definition) is 0. The van der Waals surface area contributed by atoms with Crippen molar-refractivity contribution in [3.63, 3.8) is 0 Å². The van der Waals surface area contributed by atoms with Crippen molar-refractivity contribution in [2.24, 2.45) is 0 Å². The SMILES string of the molecule is CC(C)(C)c1csc(Cc2cc(F)ccc2C=O)n1. The molecule has 1 aromatic heterocycles. The van der Waals surface area contributed by atoms with E-state index in [1.54, 1.807) is 11.3 Å². The van der Waals surface area contributed by atoms with Crippen molar-refractivity contribution < 1.29 is 9.18 Å². The summed E-state index contributed by atoms with van der Waals surface area (Å²) >= 11 is 1.55. The first-order chi connectivity index (χ1) is 8.90. The van der Waals surface area contributed by atoms with E-state index in [4.69, 9.17) is 0 Å². The van der Waals surface area contributed by atoms with E-state index in [1.165, 1.54) is 18.2 Å². The Balaban J connectivity index is 2.29. The van der Waals surface area contributed by atoms with E-state index in [9.17, 15) is 9.18 Å². The Morgan fingerprint density at radius 1 is 1.37 bits per heavy atom. The zero-order valence-electron chi connectivity index (χ0n) is 11.2. The van der Waals surface area contributed by atoms with Gasteiger partial charge in [0.1, 0.15) is 12.1 Å². The van der Waals surface area contributed by atoms with Crippen LogP contribution in [0.25, 0.3) is 0 Å². The molecule has 19 heavy (non-hydrogen) atoms. The maximum atomic E-state index is 13.2. The molecule has 0 saturated heterocycles. The predicted molar refractivity (Wildman–Crippen MR) is 75.4 cm³/mol. The van der Waals surface area contributed by atoms with E-state index in [2.05, 4.69) is 25.8 Å². The third-order valence-corrected chi connectivity index (χ3v) is 3.74. The van der Waals surface area contributed by atoms with Gasteiger partial charge in [-0.05, 0) is 23.8 Å². The van der Waals surface area contributed by atoms with E-state index >= 15 is 0 Å². The Morgan fingerprint density at radius 3 is 2.68 bits per heavy atom. The zero-order valence-corrected chi connectivity index (χ0v) is 12.1. The molecule has 0 N–H and O–H groups in total. The molecule has 2 aromatic rings. The summed E-state index contributed by atoms with van der Waals surface area (Å²) in [5.41, 5.74) is 2.24. The molecule has 4 heteroatoms. The zero-order chi connectivity index (χ0) is 14.0. The van der Waals surface area contributed by atoms with Crippen LogP contribution in [-0.2, 0) is 11.8 Å². The Labute approximate surface area is 116 Å². The first-order valence-electron chi connectivity index (χ1n) is 6.08. The maximum Gasteiger partial charge on any atom is 0.150 e. The molecule has 100 valence electrons. The van der Waals surface area contributed by atoms with Crippen LogP contribution in [0.2, 0.25) is 0 Å². The topological polar surface area (TPSA) is 30.0 Å². The Kier molecular flexibility index (Phi) is 3.80. The summed E-state index contributed by atoms with van der Waals surface area (Å²) in [5.74, 6) is -0.326. The monoisotopic (exact) mass is 277 g/mol. The molecule has 0 saturated carbocycles. The number of rotatable bonds is 3. The van der Waals surface area contributed by atoms with Gasteiger partial charge in [-0.1, -0.05) is 20.8 Å². The van der Waals surface area contributed by atoms with Gasteiger partial charge < -0.3 is 0 Å². The number of aldehydes is 1. The molecule has 0 unspecified atom stereocenters. The van der Waals surface area contributed by atoms with Crippen molar-refractivity contribution in [2.75, 3.05) is 0 Å². The van der Waals surface area contributed by atoms with Gasteiger partial charge in [0.05, 0.1) is 10.7 Å². The van der Waals surface area contributed by atoms with Crippen LogP contribution in [0.5, 0.6) is 0 Å². The van der Waals surface area contributed by atoms with Crippen molar-refractivity contribution in [1.82, 2.24) is 4.98 Å². The summed E-state index contributed by atoms with van der Waals surface area (Å²) in [6.45, 7) is 6.31. The third-order valence-electron chi connectivity index (χ3n) is 2.89. The van der Waals surface area contributed by atoms with Crippen LogP contribution in [0.4, 0.5) is 4.39 Å². The summed E-state index contributed by atoms with van der Waals surface area (Å²) in [6, 6.07) is 4.22. The van der Waals surface area contributed by atoms with E-state index in [-0.39, 0.29) is 11.2 Å². The largest absolute Gasteiger partial charge is 0.298 e. The lowest BCUT2D eigenvalue weighted by Gasteiger charge is -2.14. The molecule has 1 aromatic carbocycles. The third kappa shape index (κ3) is 3.26. The van der Waals surface area contributed by atoms with Crippen LogP contribution in [0.1, 0.15) is 47.4 Å². The fourth-order valence-electron chi connectivity index (χ4n) is 1.74. The fraction of sp³-hybridized carbons (Fsp3) is 0.333. The molecule has 1 heterocycles. The summed E-state index contributed by atoms with van der Waals surface area (Å²) in [5, 5.41) is 2.92. The van der Waals surface area contributed by atoms with Crippen LogP contribution in [-0.4, -0.2) is 11.3 Å². The van der Waals surface area contributed by atoms with Gasteiger partial charge in [-0.25, -0.2) is 9.37 Å². The van der Waals surface area contributed by atoms with Gasteiger partial charge in [0, 0.05) is 22.8 Å². The Bertz CT molecular complexity index is 598. The smallest absolute Gasteiger partial charge is 0.150 e. The second-order valence-corrected chi connectivity index (χ2v) is 6.46. The van der Waals surface area contributed by atoms with Gasteiger partial charge in [-0.15, -0.1) is 11.3 Å². The number of halogens is 1. The molecule has 0 fully saturated rings. The predicted octanol–water partition coefficient (Wildman–Crippen LogP) is 3.98. The first-order valence-corrected chi connectivity index (χ1v) is 6.96. The molecule has 0 spiro atoms. The summed E-state index contributed by atoms with van der Waals surface area (Å²) in [6.07, 6.45) is 1.25. The van der Waals surface area contributed by atoms with Crippen molar-refractivity contribution in [2.45, 2.75) is 32.6 Å². The van der Waals surface area contributed by atoms with Gasteiger partial charge >= 0.3 is 0 Å². The van der Waals surface area contributed by atoms with E-state index < -0.39 is 0 Å². The summed E-state index contributed by atoms with van der Waals surface area (Å²) in [4.78, 5) is 15.5. The highest BCUT2D eigenvalue weighted by atomic mass is 32.1. The average molecular weight is 277 g/mol. The highest BCUT2D eigenvalue weighted by Gasteiger charge is 2.17. The van der Waals surface area contributed by atoms with Crippen molar-refractivity contribution in [3.8, 4) is 0 Å². The second kappa shape index (κ2) is 5.21. The first kappa shape index (κ1) is 13.9. The standard InChI is InChI=1S/C15H16FNOS/c1-15(2,3)13-9-19-14(17-13)7-11-6-12(16)5-4-10(11)8-18/h4-6,8-9H,7H2,1-3H3. The van der Waals surface area contributed by atoms with E-state index in [1.807, 2.05) is 5.38 Å². The minimum absolute atomic E-state index is 0.00414. The number of thiazole rings is 1. The maximum absolute atomic E-state index is 13.2. The van der Waals surface area contributed by atoms with E-state index in [0.29, 0.717) is 17.5 Å². The van der Waals surface area contributed by atoms with Crippen LogP contribution < -0.4 is 0 Å². The molecular weight excluding hydrogens is 261 g/mol. The van der Waals surface area contributed by atoms with E-state index in [0.717, 1.165) is 17.0 Å². The van der Waals surface area contributed by atoms with Crippen molar-refractivity contribution >= 4 is 17.6 Å². The average Bonchev–Trinajstić information content (AvgIpc) is 2.77. The number of hydrogen-bond acceptors (Lipinski definition) is 3. The lowest BCUT2D eigenvalue weighted by Crippen LogP contribution is -2.11. The molecule has 2 rings (SSSR count). The molecule has 0 bridgehead atoms. The lowest BCUT2D eigenvalue weighted by molar-refractivity contribution is 0.112. The quantitative estimate of drug-likeness (QED) is 0.794. The molecule has 2 nitrogen and oxygen atoms in total. The summed E-state index contributed by atoms with van der Waals surface area (Å²) < 4.78 is 13.2. The van der Waals surface area contributed by atoms with Gasteiger partial charge in [0.2, 0.25) is 0 Å². The minimum Gasteiger partial charge on any atom is -0.298 e. The molecule has 0 atom stereocenters. The van der Waals surface area contributed by atoms with Gasteiger partial charge in [-0.3, -0.25) is 4.79 Å². The number of carbonyl (C=O) groups is 1. The molecule has 0 aliphatic rings. The van der Waals surface area contributed by atoms with Gasteiger partial charge in [0.25, 0.3) is 0 Å². The fourth-order valence-corrected chi connectivity index (χ4v) is 2.79. The van der Waals surface area contributed by atoms with Crippen LogP contribution in [0.3, 0.4) is 0 Å². The van der Waals surface area contributed by atoms with Crippen LogP contribution in [0.15, 0.2) is 23.6 Å². The highest BCUT2D eigenvalue weighted by molar-refractivity contribution is 7.09. The normalized spacial score (nSPS) is 11.6. The van der Waals surface area contributed by atoms with Crippen LogP contribution >= 0.6 is 11.3 Å². The molecule has 0 radical (unpaired) electrons. The molecule has 0 amide bonds. The summed E-state index contributed by atoms with van der Waals surface area (Å²) in [7, 11) is 0. The highest BCUT2D eigenvalue weighted by Crippen LogP contribution is 2.25.